The van der Waals surface area contributed by atoms with Crippen molar-refractivity contribution in [2.75, 3.05) is 18.1 Å². The van der Waals surface area contributed by atoms with Crippen LogP contribution in [0.15, 0.2) is 48.5 Å². The molecule has 1 unspecified atom stereocenters. The van der Waals surface area contributed by atoms with Crippen molar-refractivity contribution in [2.45, 2.75) is 25.8 Å². The van der Waals surface area contributed by atoms with Crippen LogP contribution in [0.4, 0.5) is 5.69 Å². The summed E-state index contributed by atoms with van der Waals surface area (Å²) in [5.41, 5.74) is 2.43. The Morgan fingerprint density at radius 3 is 2.31 bits per heavy atom. The van der Waals surface area contributed by atoms with Gasteiger partial charge in [0.05, 0.1) is 11.1 Å². The highest BCUT2D eigenvalue weighted by molar-refractivity contribution is 6.22. The van der Waals surface area contributed by atoms with Gasteiger partial charge in [0.25, 0.3) is 17.7 Å². The maximum Gasteiger partial charge on any atom is 0.329 e. The number of hydrogen-bond donors (Lipinski definition) is 0. The van der Waals surface area contributed by atoms with Crippen LogP contribution < -0.4 is 4.90 Å². The number of nitrogens with zero attached hydrogens (tertiary/aromatic N) is 2. The van der Waals surface area contributed by atoms with Crippen LogP contribution >= 0.6 is 0 Å². The number of benzene rings is 2. The summed E-state index contributed by atoms with van der Waals surface area (Å²) >= 11 is 0. The summed E-state index contributed by atoms with van der Waals surface area (Å²) < 4.78 is 5.17. The summed E-state index contributed by atoms with van der Waals surface area (Å²) in [5.74, 6) is -2.20. The topological polar surface area (TPSA) is 84.0 Å². The van der Waals surface area contributed by atoms with Gasteiger partial charge in [-0.15, -0.1) is 0 Å². The fraction of sp³-hybridized carbons (Fsp3) is 0.273. The van der Waals surface area contributed by atoms with E-state index in [1.54, 1.807) is 29.2 Å². The third-order valence-electron chi connectivity index (χ3n) is 5.30. The van der Waals surface area contributed by atoms with Crippen molar-refractivity contribution in [1.82, 2.24) is 4.90 Å². The predicted molar refractivity (Wildman–Crippen MR) is 104 cm³/mol. The number of hydrogen-bond acceptors (Lipinski definition) is 5. The second-order valence-electron chi connectivity index (χ2n) is 7.09. The van der Waals surface area contributed by atoms with Gasteiger partial charge in [-0.3, -0.25) is 19.3 Å². The normalized spacial score (nSPS) is 16.3. The fourth-order valence-electron chi connectivity index (χ4n) is 3.79. The second-order valence-corrected chi connectivity index (χ2v) is 7.09. The summed E-state index contributed by atoms with van der Waals surface area (Å²) in [6.45, 7) is 1.53. The molecule has 0 N–H and O–H groups in total. The van der Waals surface area contributed by atoms with Crippen LogP contribution in [0.3, 0.4) is 0 Å². The molecule has 0 bridgehead atoms. The lowest BCUT2D eigenvalue weighted by Gasteiger charge is -2.29. The quantitative estimate of drug-likeness (QED) is 0.588. The van der Waals surface area contributed by atoms with E-state index in [0.717, 1.165) is 29.0 Å². The predicted octanol–water partition coefficient (Wildman–Crippen LogP) is 2.19. The average Bonchev–Trinajstić information content (AvgIpc) is 3.01. The Hall–Kier alpha value is -3.48. The van der Waals surface area contributed by atoms with Crippen molar-refractivity contribution >= 4 is 29.4 Å². The maximum absolute atomic E-state index is 12.6. The first-order chi connectivity index (χ1) is 14.0. The molecule has 0 aliphatic carbocycles. The SMILES string of the molecule is CC(C(=O)OCC(=O)N1CCCc2ccccc21)N1C(=O)c2ccccc2C1=O. The molecule has 148 valence electrons. The number of rotatable bonds is 4. The zero-order valence-corrected chi connectivity index (χ0v) is 16.0. The van der Waals surface area contributed by atoms with Crippen molar-refractivity contribution in [3.05, 3.63) is 65.2 Å². The first kappa shape index (κ1) is 18.9. The van der Waals surface area contributed by atoms with E-state index in [0.29, 0.717) is 6.54 Å². The van der Waals surface area contributed by atoms with E-state index in [2.05, 4.69) is 0 Å². The average molecular weight is 392 g/mol. The Balaban J connectivity index is 1.41. The van der Waals surface area contributed by atoms with Gasteiger partial charge >= 0.3 is 5.97 Å². The summed E-state index contributed by atoms with van der Waals surface area (Å²) in [6, 6.07) is 12.9. The summed E-state index contributed by atoms with van der Waals surface area (Å²) in [4.78, 5) is 52.6. The largest absolute Gasteiger partial charge is 0.454 e. The van der Waals surface area contributed by atoms with Gasteiger partial charge in [-0.2, -0.15) is 0 Å². The molecule has 0 saturated heterocycles. The number of imide groups is 1. The molecule has 0 spiro atoms. The highest BCUT2D eigenvalue weighted by atomic mass is 16.5. The van der Waals surface area contributed by atoms with E-state index < -0.39 is 30.4 Å². The molecule has 0 fully saturated rings. The summed E-state index contributed by atoms with van der Waals surface area (Å²) in [6.07, 6.45) is 1.73. The molecule has 0 aromatic heterocycles. The zero-order valence-electron chi connectivity index (χ0n) is 16.0. The van der Waals surface area contributed by atoms with E-state index in [4.69, 9.17) is 4.74 Å². The molecule has 0 saturated carbocycles. The number of fused-ring (bicyclic) bond motifs is 2. The van der Waals surface area contributed by atoms with E-state index >= 15 is 0 Å². The number of esters is 1. The number of ether oxygens (including phenoxy) is 1. The lowest BCUT2D eigenvalue weighted by atomic mass is 10.0. The third-order valence-corrected chi connectivity index (χ3v) is 5.30. The Labute approximate surface area is 167 Å². The van der Waals surface area contributed by atoms with Crippen molar-refractivity contribution in [3.8, 4) is 0 Å². The standard InChI is InChI=1S/C22H20N2O5/c1-14(24-20(26)16-9-3-4-10-17(16)21(24)27)22(28)29-13-19(25)23-12-6-8-15-7-2-5-11-18(15)23/h2-5,7,9-11,14H,6,8,12-13H2,1H3. The molecule has 2 heterocycles. The smallest absolute Gasteiger partial charge is 0.329 e. The highest BCUT2D eigenvalue weighted by Crippen LogP contribution is 2.27. The van der Waals surface area contributed by atoms with Gasteiger partial charge in [0.1, 0.15) is 6.04 Å². The minimum Gasteiger partial charge on any atom is -0.454 e. The van der Waals surface area contributed by atoms with Crippen LogP contribution in [0.25, 0.3) is 0 Å². The monoisotopic (exact) mass is 392 g/mol. The molecular formula is C22H20N2O5. The third kappa shape index (κ3) is 3.29. The van der Waals surface area contributed by atoms with Crippen molar-refractivity contribution in [2.24, 2.45) is 0 Å². The molecule has 3 amide bonds. The van der Waals surface area contributed by atoms with Crippen LogP contribution in [0, 0.1) is 0 Å². The summed E-state index contributed by atoms with van der Waals surface area (Å²) in [7, 11) is 0. The number of carbonyl (C=O) groups excluding carboxylic acids is 4. The lowest BCUT2D eigenvalue weighted by Crippen LogP contribution is -2.45. The number of carbonyl (C=O) groups is 4. The van der Waals surface area contributed by atoms with Gasteiger partial charge < -0.3 is 9.64 Å². The molecular weight excluding hydrogens is 372 g/mol. The van der Waals surface area contributed by atoms with Crippen LogP contribution in [-0.4, -0.2) is 47.8 Å². The summed E-state index contributed by atoms with van der Waals surface area (Å²) in [5, 5.41) is 0. The zero-order chi connectivity index (χ0) is 20.5. The van der Waals surface area contributed by atoms with Gasteiger partial charge in [-0.25, -0.2) is 4.79 Å². The van der Waals surface area contributed by atoms with Crippen LogP contribution in [0.5, 0.6) is 0 Å². The lowest BCUT2D eigenvalue weighted by molar-refractivity contribution is -0.151. The van der Waals surface area contributed by atoms with Crippen molar-refractivity contribution in [1.29, 1.82) is 0 Å². The first-order valence-corrected chi connectivity index (χ1v) is 9.51. The number of amides is 3. The van der Waals surface area contributed by atoms with Crippen LogP contribution in [-0.2, 0) is 20.7 Å². The molecule has 7 heteroatoms. The maximum atomic E-state index is 12.6. The molecule has 2 aromatic carbocycles. The number of anilines is 1. The van der Waals surface area contributed by atoms with E-state index in [1.807, 2.05) is 24.3 Å². The molecule has 7 nitrogen and oxygen atoms in total. The highest BCUT2D eigenvalue weighted by Gasteiger charge is 2.41. The molecule has 2 aliphatic heterocycles. The van der Waals surface area contributed by atoms with Gasteiger partial charge in [-0.05, 0) is 43.5 Å². The fourth-order valence-corrected chi connectivity index (χ4v) is 3.79. The Morgan fingerprint density at radius 1 is 1.00 bits per heavy atom. The Kier molecular flexibility index (Phi) is 4.88. The second kappa shape index (κ2) is 7.50. The van der Waals surface area contributed by atoms with Crippen molar-refractivity contribution < 1.29 is 23.9 Å². The van der Waals surface area contributed by atoms with E-state index in [1.165, 1.54) is 6.92 Å². The molecule has 1 atom stereocenters. The Bertz CT molecular complexity index is 981. The minimum absolute atomic E-state index is 0.262. The first-order valence-electron chi connectivity index (χ1n) is 9.51. The Morgan fingerprint density at radius 2 is 1.62 bits per heavy atom. The van der Waals surface area contributed by atoms with Gasteiger partial charge in [0, 0.05) is 12.2 Å². The molecule has 0 radical (unpaired) electrons. The minimum atomic E-state index is -1.12. The van der Waals surface area contributed by atoms with Crippen LogP contribution in [0.1, 0.15) is 39.6 Å². The van der Waals surface area contributed by atoms with Crippen LogP contribution in [0.2, 0.25) is 0 Å². The van der Waals surface area contributed by atoms with Gasteiger partial charge in [-0.1, -0.05) is 30.3 Å². The van der Waals surface area contributed by atoms with Gasteiger partial charge in [0.2, 0.25) is 0 Å². The molecule has 29 heavy (non-hydrogen) atoms. The van der Waals surface area contributed by atoms with E-state index in [9.17, 15) is 19.2 Å². The van der Waals surface area contributed by atoms with E-state index in [-0.39, 0.29) is 17.0 Å². The number of para-hydroxylation sites is 1. The molecule has 2 aromatic rings. The van der Waals surface area contributed by atoms with Gasteiger partial charge in [0.15, 0.2) is 6.61 Å². The van der Waals surface area contributed by atoms with Crippen molar-refractivity contribution in [3.63, 3.8) is 0 Å². The molecule has 2 aliphatic rings. The molecule has 4 rings (SSSR count). The number of aryl methyl sites for hydroxylation is 1.